The van der Waals surface area contributed by atoms with Gasteiger partial charge in [-0.05, 0) is 55.7 Å². The van der Waals surface area contributed by atoms with Gasteiger partial charge in [-0.3, -0.25) is 9.78 Å². The van der Waals surface area contributed by atoms with Gasteiger partial charge in [0.1, 0.15) is 5.69 Å². The number of hydrogen-bond acceptors (Lipinski definition) is 4. The minimum atomic E-state index is -0.599. The maximum atomic E-state index is 14.8. The number of aromatic nitrogens is 2. The summed E-state index contributed by atoms with van der Waals surface area (Å²) in [6.45, 7) is 2.18. The van der Waals surface area contributed by atoms with E-state index in [2.05, 4.69) is 21.2 Å². The van der Waals surface area contributed by atoms with Crippen molar-refractivity contribution in [3.8, 4) is 18.1 Å². The lowest BCUT2D eigenvalue weighted by atomic mass is 10.1. The van der Waals surface area contributed by atoms with E-state index in [-0.39, 0.29) is 17.1 Å². The lowest BCUT2D eigenvalue weighted by molar-refractivity contribution is 0.102. The molecule has 1 N–H and O–H groups in total. The van der Waals surface area contributed by atoms with E-state index in [9.17, 15) is 9.18 Å². The van der Waals surface area contributed by atoms with Crippen molar-refractivity contribution >= 4 is 22.6 Å². The molecule has 0 atom stereocenters. The first kappa shape index (κ1) is 21.3. The second kappa shape index (κ2) is 10.4. The number of nitrogens with one attached hydrogen (secondary N) is 1. The fourth-order valence-electron chi connectivity index (χ4n) is 3.09. The highest BCUT2D eigenvalue weighted by Gasteiger charge is 2.16. The topological polar surface area (TPSA) is 64.1 Å². The van der Waals surface area contributed by atoms with Crippen LogP contribution in [0.3, 0.4) is 0 Å². The fourth-order valence-corrected chi connectivity index (χ4v) is 3.09. The van der Waals surface area contributed by atoms with E-state index in [4.69, 9.17) is 11.2 Å². The van der Waals surface area contributed by atoms with E-state index in [1.807, 2.05) is 0 Å². The van der Waals surface area contributed by atoms with Crippen LogP contribution in [0.4, 0.5) is 10.1 Å². The van der Waals surface area contributed by atoms with E-state index in [0.29, 0.717) is 23.2 Å². The molecule has 5 nitrogen and oxygen atoms in total. The van der Waals surface area contributed by atoms with Crippen LogP contribution in [0.1, 0.15) is 48.2 Å². The van der Waals surface area contributed by atoms with Gasteiger partial charge in [0, 0.05) is 12.6 Å². The van der Waals surface area contributed by atoms with Gasteiger partial charge in [-0.15, -0.1) is 12.3 Å². The normalized spacial score (nSPS) is 10.6. The van der Waals surface area contributed by atoms with Crippen molar-refractivity contribution in [3.05, 3.63) is 59.7 Å². The third-order valence-corrected chi connectivity index (χ3v) is 4.67. The van der Waals surface area contributed by atoms with E-state index in [0.717, 1.165) is 32.1 Å². The molecule has 0 aliphatic carbocycles. The number of ether oxygens (including phenoxy) is 1. The first-order chi connectivity index (χ1) is 14.6. The number of terminal acetylenes is 1. The molecule has 0 spiro atoms. The number of aryl methyl sites for hydroxylation is 1. The van der Waals surface area contributed by atoms with E-state index in [1.165, 1.54) is 6.07 Å². The van der Waals surface area contributed by atoms with Crippen molar-refractivity contribution in [1.29, 1.82) is 0 Å². The van der Waals surface area contributed by atoms with Gasteiger partial charge in [0.15, 0.2) is 11.6 Å². The number of carbonyl (C=O) groups is 1. The Morgan fingerprint density at radius 1 is 1.17 bits per heavy atom. The van der Waals surface area contributed by atoms with Crippen LogP contribution >= 0.6 is 0 Å². The molecule has 1 aromatic carbocycles. The quantitative estimate of drug-likeness (QED) is 0.388. The number of nitrogens with zero attached hydrogens (tertiary/aromatic N) is 2. The predicted molar refractivity (Wildman–Crippen MR) is 116 cm³/mol. The smallest absolute Gasteiger partial charge is 0.274 e. The van der Waals surface area contributed by atoms with E-state index >= 15 is 0 Å². The molecule has 0 aliphatic heterocycles. The lowest BCUT2D eigenvalue weighted by Crippen LogP contribution is -2.16. The molecule has 3 rings (SSSR count). The van der Waals surface area contributed by atoms with Crippen molar-refractivity contribution in [1.82, 2.24) is 9.97 Å². The number of anilines is 1. The Morgan fingerprint density at radius 2 is 2.00 bits per heavy atom. The second-order valence-electron chi connectivity index (χ2n) is 6.98. The monoisotopic (exact) mass is 405 g/mol. The Labute approximate surface area is 175 Å². The average molecular weight is 405 g/mol. The highest BCUT2D eigenvalue weighted by atomic mass is 19.1. The molecule has 0 fully saturated rings. The molecule has 154 valence electrons. The largest absolute Gasteiger partial charge is 0.490 e. The number of unbranched alkanes of at least 4 members (excludes halogenated alkanes) is 4. The Kier molecular flexibility index (Phi) is 7.34. The summed E-state index contributed by atoms with van der Waals surface area (Å²) in [6.07, 6.45) is 11.5. The summed E-state index contributed by atoms with van der Waals surface area (Å²) in [5.74, 6) is 1.65. The number of fused-ring (bicyclic) bond motifs is 1. The lowest BCUT2D eigenvalue weighted by Gasteiger charge is -2.12. The molecule has 0 aliphatic rings. The fraction of sp³-hybridized carbons (Fsp3) is 0.292. The molecule has 1 amide bonds. The van der Waals surface area contributed by atoms with Crippen molar-refractivity contribution in [2.24, 2.45) is 0 Å². The second-order valence-corrected chi connectivity index (χ2v) is 6.98. The summed E-state index contributed by atoms with van der Waals surface area (Å²) in [7, 11) is 0. The minimum Gasteiger partial charge on any atom is -0.490 e. The number of amides is 1. The van der Waals surface area contributed by atoms with Gasteiger partial charge in [-0.25, -0.2) is 9.37 Å². The molecule has 30 heavy (non-hydrogen) atoms. The van der Waals surface area contributed by atoms with E-state index < -0.39 is 11.7 Å². The van der Waals surface area contributed by atoms with Crippen molar-refractivity contribution < 1.29 is 13.9 Å². The molecule has 0 unspecified atom stereocenters. The zero-order chi connectivity index (χ0) is 21.3. The summed E-state index contributed by atoms with van der Waals surface area (Å²) in [5.41, 5.74) is 2.25. The number of rotatable bonds is 9. The van der Waals surface area contributed by atoms with Crippen LogP contribution in [0, 0.1) is 25.1 Å². The van der Waals surface area contributed by atoms with E-state index in [1.54, 1.807) is 43.5 Å². The zero-order valence-corrected chi connectivity index (χ0v) is 17.0. The van der Waals surface area contributed by atoms with Gasteiger partial charge in [-0.2, -0.15) is 0 Å². The van der Waals surface area contributed by atoms with Gasteiger partial charge in [0.25, 0.3) is 5.91 Å². The number of benzene rings is 1. The third-order valence-electron chi connectivity index (χ3n) is 4.67. The molecule has 0 bridgehead atoms. The molecule has 3 aromatic rings. The summed E-state index contributed by atoms with van der Waals surface area (Å²) in [5, 5.41) is 2.60. The average Bonchev–Trinajstić information content (AvgIpc) is 2.75. The van der Waals surface area contributed by atoms with Crippen LogP contribution in [0.25, 0.3) is 11.0 Å². The molecule has 2 aromatic heterocycles. The molecular formula is C24H24FN3O2. The maximum Gasteiger partial charge on any atom is 0.274 e. The Morgan fingerprint density at radius 3 is 2.83 bits per heavy atom. The number of pyridine rings is 2. The SMILES string of the molecule is C#CCCCCCCOc1cccc(NC(=O)c2nc3cccnc3cc2C)c1F. The van der Waals surface area contributed by atoms with Crippen LogP contribution in [-0.4, -0.2) is 22.5 Å². The Bertz CT molecular complexity index is 1080. The third kappa shape index (κ3) is 5.32. The molecule has 0 saturated carbocycles. The summed E-state index contributed by atoms with van der Waals surface area (Å²) < 4.78 is 20.3. The summed E-state index contributed by atoms with van der Waals surface area (Å²) >= 11 is 0. The van der Waals surface area contributed by atoms with Gasteiger partial charge in [-0.1, -0.05) is 18.9 Å². The van der Waals surface area contributed by atoms with Gasteiger partial charge >= 0.3 is 0 Å². The zero-order valence-electron chi connectivity index (χ0n) is 17.0. The molecular weight excluding hydrogens is 381 g/mol. The Balaban J connectivity index is 1.64. The van der Waals surface area contributed by atoms with Crippen LogP contribution < -0.4 is 10.1 Å². The van der Waals surface area contributed by atoms with Crippen molar-refractivity contribution in [3.63, 3.8) is 0 Å². The van der Waals surface area contributed by atoms with Crippen LogP contribution in [-0.2, 0) is 0 Å². The predicted octanol–water partition coefficient (Wildman–Crippen LogP) is 5.29. The summed E-state index contributed by atoms with van der Waals surface area (Å²) in [6, 6.07) is 10.0. The molecule has 0 saturated heterocycles. The highest BCUT2D eigenvalue weighted by Crippen LogP contribution is 2.25. The molecule has 0 radical (unpaired) electrons. The van der Waals surface area contributed by atoms with Gasteiger partial charge in [0.2, 0.25) is 0 Å². The molecule has 6 heteroatoms. The van der Waals surface area contributed by atoms with Gasteiger partial charge in [0.05, 0.1) is 23.3 Å². The van der Waals surface area contributed by atoms with Crippen LogP contribution in [0.15, 0.2) is 42.6 Å². The summed E-state index contributed by atoms with van der Waals surface area (Å²) in [4.78, 5) is 21.3. The van der Waals surface area contributed by atoms with Crippen LogP contribution in [0.2, 0.25) is 0 Å². The Hall–Kier alpha value is -3.46. The first-order valence-corrected chi connectivity index (χ1v) is 9.98. The number of carbonyl (C=O) groups excluding carboxylic acids is 1. The van der Waals surface area contributed by atoms with Crippen LogP contribution in [0.5, 0.6) is 5.75 Å². The minimum absolute atomic E-state index is 0.0546. The standard InChI is InChI=1S/C24H24FN3O2/c1-3-4-5-6-7-8-15-30-21-13-9-11-19(22(21)25)28-24(29)23-17(2)16-20-18(27-23)12-10-14-26-20/h1,9-14,16H,4-8,15H2,2H3,(H,28,29). The first-order valence-electron chi connectivity index (χ1n) is 9.98. The number of halogens is 1. The maximum absolute atomic E-state index is 14.8. The van der Waals surface area contributed by atoms with Crippen molar-refractivity contribution in [2.45, 2.75) is 39.0 Å². The molecule has 2 heterocycles. The van der Waals surface area contributed by atoms with Gasteiger partial charge < -0.3 is 10.1 Å². The highest BCUT2D eigenvalue weighted by molar-refractivity contribution is 6.05. The number of hydrogen-bond donors (Lipinski definition) is 1. The van der Waals surface area contributed by atoms with Crippen molar-refractivity contribution in [2.75, 3.05) is 11.9 Å².